The fourth-order valence-electron chi connectivity index (χ4n) is 3.54. The highest BCUT2D eigenvalue weighted by atomic mass is 32.1. The van der Waals surface area contributed by atoms with Crippen LogP contribution in [0, 0.1) is 6.92 Å². The highest BCUT2D eigenvalue weighted by Gasteiger charge is 2.19. The van der Waals surface area contributed by atoms with Gasteiger partial charge in [-0.2, -0.15) is 0 Å². The number of thiophene rings is 1. The van der Waals surface area contributed by atoms with Crippen LogP contribution in [-0.4, -0.2) is 24.5 Å². The maximum atomic E-state index is 13.3. The third-order valence-electron chi connectivity index (χ3n) is 4.96. The molecule has 0 fully saturated rings. The number of hydrogen-bond acceptors (Lipinski definition) is 5. The fraction of sp³-hybridized carbons (Fsp3) is 0.143. The van der Waals surface area contributed by atoms with Gasteiger partial charge in [-0.3, -0.25) is 14.3 Å². The van der Waals surface area contributed by atoms with Gasteiger partial charge in [-0.1, -0.05) is 29.5 Å². The first-order valence-corrected chi connectivity index (χ1v) is 9.87. The normalized spacial score (nSPS) is 12.6. The second-order valence-corrected chi connectivity index (χ2v) is 7.71. The number of hydrogen-bond donors (Lipinski definition) is 0. The summed E-state index contributed by atoms with van der Waals surface area (Å²) in [6, 6.07) is 13.7. The van der Waals surface area contributed by atoms with Crippen LogP contribution in [0.1, 0.15) is 24.1 Å². The molecule has 28 heavy (non-hydrogen) atoms. The molecule has 0 N–H and O–H groups in total. The Labute approximate surface area is 164 Å². The molecule has 0 aliphatic rings. The molecule has 0 aliphatic heterocycles. The van der Waals surface area contributed by atoms with E-state index in [1.807, 2.05) is 61.7 Å². The Morgan fingerprint density at radius 3 is 2.82 bits per heavy atom. The van der Waals surface area contributed by atoms with Crippen LogP contribution < -0.4 is 5.56 Å². The van der Waals surface area contributed by atoms with E-state index in [1.165, 1.54) is 0 Å². The summed E-state index contributed by atoms with van der Waals surface area (Å²) in [4.78, 5) is 17.8. The van der Waals surface area contributed by atoms with Crippen LogP contribution in [-0.2, 0) is 0 Å². The largest absolute Gasteiger partial charge is 0.283 e. The Kier molecular flexibility index (Phi) is 3.84. The van der Waals surface area contributed by atoms with Crippen molar-refractivity contribution in [2.45, 2.75) is 19.9 Å². The minimum atomic E-state index is -0.183. The van der Waals surface area contributed by atoms with Crippen molar-refractivity contribution in [3.63, 3.8) is 0 Å². The predicted octanol–water partition coefficient (Wildman–Crippen LogP) is 4.11. The van der Waals surface area contributed by atoms with Crippen LogP contribution in [0.4, 0.5) is 0 Å². The smallest absolute Gasteiger partial charge is 0.273 e. The number of rotatable bonds is 3. The minimum absolute atomic E-state index is 0.121. The summed E-state index contributed by atoms with van der Waals surface area (Å²) in [6.07, 6.45) is 3.54. The molecular weight excluding hydrogens is 370 g/mol. The molecule has 0 saturated carbocycles. The van der Waals surface area contributed by atoms with Crippen molar-refractivity contribution in [1.82, 2.24) is 24.5 Å². The molecule has 0 bridgehead atoms. The monoisotopic (exact) mass is 387 g/mol. The quantitative estimate of drug-likeness (QED) is 0.467. The molecule has 6 nitrogen and oxygen atoms in total. The minimum Gasteiger partial charge on any atom is -0.273 e. The molecule has 0 amide bonds. The Bertz CT molecular complexity index is 1380. The molecule has 7 heteroatoms. The molecule has 0 saturated heterocycles. The Hall–Kier alpha value is -3.32. The third-order valence-corrected chi connectivity index (χ3v) is 6.00. The molecule has 5 aromatic rings. The molecule has 5 rings (SSSR count). The Balaban J connectivity index is 1.72. The lowest BCUT2D eigenvalue weighted by Gasteiger charge is -2.15. The van der Waals surface area contributed by atoms with Gasteiger partial charge >= 0.3 is 0 Å². The molecule has 1 atom stereocenters. The van der Waals surface area contributed by atoms with Gasteiger partial charge < -0.3 is 0 Å². The van der Waals surface area contributed by atoms with Crippen molar-refractivity contribution in [2.75, 3.05) is 0 Å². The maximum absolute atomic E-state index is 13.3. The summed E-state index contributed by atoms with van der Waals surface area (Å²) < 4.78 is 3.37. The van der Waals surface area contributed by atoms with Crippen LogP contribution in [0.25, 0.3) is 26.9 Å². The van der Waals surface area contributed by atoms with E-state index in [1.54, 1.807) is 33.0 Å². The molecule has 1 aromatic carbocycles. The SMILES string of the molecule is Cc1csc(-n2ccc3nnn(C(C)c4cccc5cccnc45)c3c2=O)c1. The second kappa shape index (κ2) is 6.38. The lowest BCUT2D eigenvalue weighted by atomic mass is 10.0. The number of para-hydroxylation sites is 1. The summed E-state index contributed by atoms with van der Waals surface area (Å²) in [7, 11) is 0. The molecule has 138 valence electrons. The summed E-state index contributed by atoms with van der Waals surface area (Å²) in [6.45, 7) is 4.04. The van der Waals surface area contributed by atoms with Gasteiger partial charge in [0.05, 0.1) is 11.6 Å². The van der Waals surface area contributed by atoms with Crippen LogP contribution in [0.2, 0.25) is 0 Å². The molecule has 0 aliphatic carbocycles. The van der Waals surface area contributed by atoms with E-state index in [4.69, 9.17) is 0 Å². The molecule has 1 unspecified atom stereocenters. The number of fused-ring (bicyclic) bond motifs is 2. The first-order valence-electron chi connectivity index (χ1n) is 8.99. The van der Waals surface area contributed by atoms with E-state index in [2.05, 4.69) is 15.3 Å². The van der Waals surface area contributed by atoms with Gasteiger partial charge in [-0.25, -0.2) is 4.68 Å². The second-order valence-electron chi connectivity index (χ2n) is 6.82. The van der Waals surface area contributed by atoms with E-state index in [9.17, 15) is 4.79 Å². The Morgan fingerprint density at radius 2 is 2.00 bits per heavy atom. The maximum Gasteiger partial charge on any atom is 0.283 e. The molecular formula is C21H17N5OS. The van der Waals surface area contributed by atoms with Crippen molar-refractivity contribution in [1.29, 1.82) is 0 Å². The first-order chi connectivity index (χ1) is 13.6. The zero-order valence-corrected chi connectivity index (χ0v) is 16.2. The van der Waals surface area contributed by atoms with E-state index >= 15 is 0 Å². The lowest BCUT2D eigenvalue weighted by Crippen LogP contribution is -2.21. The van der Waals surface area contributed by atoms with Crippen LogP contribution in [0.15, 0.2) is 65.0 Å². The highest BCUT2D eigenvalue weighted by molar-refractivity contribution is 7.12. The zero-order chi connectivity index (χ0) is 19.3. The summed E-state index contributed by atoms with van der Waals surface area (Å²) in [5, 5.41) is 12.5. The number of aryl methyl sites for hydroxylation is 1. The zero-order valence-electron chi connectivity index (χ0n) is 15.4. The van der Waals surface area contributed by atoms with Gasteiger partial charge in [0.25, 0.3) is 5.56 Å². The summed E-state index contributed by atoms with van der Waals surface area (Å²) in [5.74, 6) is 0. The molecule has 4 heterocycles. The fourth-order valence-corrected chi connectivity index (χ4v) is 4.42. The van der Waals surface area contributed by atoms with Gasteiger partial charge in [0.2, 0.25) is 0 Å². The van der Waals surface area contributed by atoms with Crippen LogP contribution in [0.5, 0.6) is 0 Å². The predicted molar refractivity (Wildman–Crippen MR) is 111 cm³/mol. The Morgan fingerprint density at radius 1 is 1.14 bits per heavy atom. The molecule has 4 aromatic heterocycles. The topological polar surface area (TPSA) is 65.6 Å². The van der Waals surface area contributed by atoms with Crippen molar-refractivity contribution < 1.29 is 0 Å². The van der Waals surface area contributed by atoms with E-state index < -0.39 is 0 Å². The third kappa shape index (κ3) is 2.55. The number of benzene rings is 1. The standard InChI is InChI=1S/C21H17N5OS/c1-13-11-18(28-12-13)25-10-8-17-20(21(25)27)26(24-23-17)14(2)16-7-3-5-15-6-4-9-22-19(15)16/h3-12,14H,1-2H3. The molecule has 0 radical (unpaired) electrons. The highest BCUT2D eigenvalue weighted by Crippen LogP contribution is 2.26. The van der Waals surface area contributed by atoms with Crippen LogP contribution >= 0.6 is 11.3 Å². The van der Waals surface area contributed by atoms with Crippen molar-refractivity contribution >= 4 is 33.3 Å². The van der Waals surface area contributed by atoms with Crippen molar-refractivity contribution in [3.05, 3.63) is 81.7 Å². The van der Waals surface area contributed by atoms with Gasteiger partial charge in [-0.05, 0) is 43.0 Å². The van der Waals surface area contributed by atoms with Crippen molar-refractivity contribution in [3.8, 4) is 5.00 Å². The average Bonchev–Trinajstić information content (AvgIpc) is 3.34. The van der Waals surface area contributed by atoms with Crippen molar-refractivity contribution in [2.24, 2.45) is 0 Å². The van der Waals surface area contributed by atoms with Gasteiger partial charge in [0.15, 0.2) is 5.52 Å². The van der Waals surface area contributed by atoms with Gasteiger partial charge in [0.1, 0.15) is 10.5 Å². The lowest BCUT2D eigenvalue weighted by molar-refractivity contribution is 0.560. The molecule has 0 spiro atoms. The summed E-state index contributed by atoms with van der Waals surface area (Å²) >= 11 is 1.54. The van der Waals surface area contributed by atoms with Gasteiger partial charge in [0, 0.05) is 23.3 Å². The number of nitrogens with zero attached hydrogens (tertiary/aromatic N) is 5. The first kappa shape index (κ1) is 16.8. The summed E-state index contributed by atoms with van der Waals surface area (Å²) in [5.41, 5.74) is 4.01. The van der Waals surface area contributed by atoms with Gasteiger partial charge in [-0.15, -0.1) is 16.4 Å². The van der Waals surface area contributed by atoms with E-state index in [-0.39, 0.29) is 11.6 Å². The van der Waals surface area contributed by atoms with E-state index in [0.717, 1.165) is 27.0 Å². The number of aromatic nitrogens is 5. The average molecular weight is 387 g/mol. The van der Waals surface area contributed by atoms with E-state index in [0.29, 0.717) is 11.0 Å². The van der Waals surface area contributed by atoms with Crippen LogP contribution in [0.3, 0.4) is 0 Å². The number of pyridine rings is 2.